The summed E-state index contributed by atoms with van der Waals surface area (Å²) < 4.78 is 0. The van der Waals surface area contributed by atoms with Crippen molar-refractivity contribution in [2.75, 3.05) is 13.2 Å². The molecule has 0 rings (SSSR count). The van der Waals surface area contributed by atoms with Crippen LogP contribution in [-0.2, 0) is 0 Å². The third kappa shape index (κ3) is 7.92. The number of hydrogen-bond donors (Lipinski definition) is 2. The molecule has 0 aromatic heterocycles. The Morgan fingerprint density at radius 2 is 1.44 bits per heavy atom. The predicted octanol–water partition coefficient (Wildman–Crippen LogP) is 0.888. The molecule has 0 spiro atoms. The quantitative estimate of drug-likeness (QED) is 0.526. The molecule has 0 fully saturated rings. The Morgan fingerprint density at radius 1 is 0.889 bits per heavy atom. The average Bonchev–Trinajstić information content (AvgIpc) is 1.89. The molecule has 0 aliphatic heterocycles. The number of hydrogen-bond acceptors (Lipinski definition) is 2. The lowest BCUT2D eigenvalue weighted by Gasteiger charge is -1.95. The molecule has 0 aliphatic rings. The first-order valence-corrected chi connectivity index (χ1v) is 3.72. The van der Waals surface area contributed by atoms with Gasteiger partial charge in [-0.2, -0.15) is 0 Å². The van der Waals surface area contributed by atoms with Gasteiger partial charge in [-0.05, 0) is 19.4 Å². The van der Waals surface area contributed by atoms with E-state index in [-0.39, 0.29) is 0 Å². The standard InChI is InChI=1S/C7H17NO/c8-6-4-2-1-3-5-7-9/h9H,1-8H2. The normalized spacial score (nSPS) is 10.0. The number of nitrogens with two attached hydrogens (primary N) is 1. The Morgan fingerprint density at radius 3 is 2.00 bits per heavy atom. The van der Waals surface area contributed by atoms with Gasteiger partial charge in [-0.3, -0.25) is 0 Å². The molecule has 0 atom stereocenters. The molecule has 0 saturated heterocycles. The zero-order chi connectivity index (χ0) is 6.95. The number of aliphatic hydroxyl groups excluding tert-OH is 1. The SMILES string of the molecule is NCCCCCCCO. The minimum atomic E-state index is 0.336. The van der Waals surface area contributed by atoms with E-state index in [2.05, 4.69) is 0 Å². The van der Waals surface area contributed by atoms with Crippen molar-refractivity contribution in [2.45, 2.75) is 32.1 Å². The molecule has 0 amide bonds. The molecule has 0 aromatic rings. The molecule has 0 radical (unpaired) electrons. The molecule has 56 valence electrons. The van der Waals surface area contributed by atoms with E-state index >= 15 is 0 Å². The maximum atomic E-state index is 8.40. The number of aliphatic hydroxyl groups is 1. The zero-order valence-corrected chi connectivity index (χ0v) is 5.97. The van der Waals surface area contributed by atoms with E-state index in [1.807, 2.05) is 0 Å². The summed E-state index contributed by atoms with van der Waals surface area (Å²) >= 11 is 0. The van der Waals surface area contributed by atoms with Gasteiger partial charge in [-0.15, -0.1) is 0 Å². The molecule has 0 aliphatic carbocycles. The van der Waals surface area contributed by atoms with Gasteiger partial charge >= 0.3 is 0 Å². The molecular weight excluding hydrogens is 114 g/mol. The first kappa shape index (κ1) is 8.92. The van der Waals surface area contributed by atoms with Gasteiger partial charge in [0.05, 0.1) is 0 Å². The largest absolute Gasteiger partial charge is 0.396 e. The molecular formula is C7H17NO. The minimum absolute atomic E-state index is 0.336. The van der Waals surface area contributed by atoms with Gasteiger partial charge in [0.15, 0.2) is 0 Å². The molecule has 0 heterocycles. The van der Waals surface area contributed by atoms with E-state index < -0.39 is 0 Å². The van der Waals surface area contributed by atoms with Crippen LogP contribution in [0.15, 0.2) is 0 Å². The van der Waals surface area contributed by atoms with Crippen LogP contribution >= 0.6 is 0 Å². The summed E-state index contributed by atoms with van der Waals surface area (Å²) in [5.41, 5.74) is 5.29. The summed E-state index contributed by atoms with van der Waals surface area (Å²) in [6.45, 7) is 1.14. The molecule has 2 heteroatoms. The second-order valence-corrected chi connectivity index (χ2v) is 2.28. The van der Waals surface area contributed by atoms with Crippen LogP contribution in [-0.4, -0.2) is 18.3 Å². The monoisotopic (exact) mass is 131 g/mol. The molecule has 0 bridgehead atoms. The fourth-order valence-electron chi connectivity index (χ4n) is 0.786. The van der Waals surface area contributed by atoms with Gasteiger partial charge < -0.3 is 10.8 Å². The lowest BCUT2D eigenvalue weighted by molar-refractivity contribution is 0.282. The summed E-state index contributed by atoms with van der Waals surface area (Å²) in [6.07, 6.45) is 5.67. The van der Waals surface area contributed by atoms with Crippen LogP contribution in [0.3, 0.4) is 0 Å². The van der Waals surface area contributed by atoms with Gasteiger partial charge in [0.2, 0.25) is 0 Å². The lowest BCUT2D eigenvalue weighted by Crippen LogP contribution is -1.97. The van der Waals surface area contributed by atoms with Crippen LogP contribution < -0.4 is 5.73 Å². The highest BCUT2D eigenvalue weighted by Gasteiger charge is 1.86. The lowest BCUT2D eigenvalue weighted by atomic mass is 10.1. The van der Waals surface area contributed by atoms with Crippen molar-refractivity contribution in [3.8, 4) is 0 Å². The highest BCUT2D eigenvalue weighted by Crippen LogP contribution is 2.00. The van der Waals surface area contributed by atoms with Gasteiger partial charge in [-0.1, -0.05) is 19.3 Å². The van der Waals surface area contributed by atoms with Crippen molar-refractivity contribution in [2.24, 2.45) is 5.73 Å². The van der Waals surface area contributed by atoms with Crippen molar-refractivity contribution >= 4 is 0 Å². The smallest absolute Gasteiger partial charge is 0.0431 e. The van der Waals surface area contributed by atoms with Crippen LogP contribution in [0.25, 0.3) is 0 Å². The Labute approximate surface area is 57.1 Å². The second-order valence-electron chi connectivity index (χ2n) is 2.28. The van der Waals surface area contributed by atoms with E-state index in [9.17, 15) is 0 Å². The number of unbranched alkanes of at least 4 members (excludes halogenated alkanes) is 4. The Kier molecular flexibility index (Phi) is 7.85. The molecule has 3 N–H and O–H groups in total. The van der Waals surface area contributed by atoms with Gasteiger partial charge in [0.1, 0.15) is 0 Å². The van der Waals surface area contributed by atoms with Gasteiger partial charge in [0, 0.05) is 6.61 Å². The van der Waals surface area contributed by atoms with Crippen molar-refractivity contribution < 1.29 is 5.11 Å². The number of rotatable bonds is 6. The van der Waals surface area contributed by atoms with Crippen LogP contribution in [0.2, 0.25) is 0 Å². The molecule has 0 saturated carbocycles. The zero-order valence-electron chi connectivity index (χ0n) is 5.97. The highest BCUT2D eigenvalue weighted by molar-refractivity contribution is 4.43. The maximum absolute atomic E-state index is 8.40. The second kappa shape index (κ2) is 7.92. The van der Waals surface area contributed by atoms with Crippen LogP contribution in [0.4, 0.5) is 0 Å². The Bertz CT molecular complexity index is 42.2. The van der Waals surface area contributed by atoms with Crippen molar-refractivity contribution in [1.82, 2.24) is 0 Å². The molecule has 2 nitrogen and oxygen atoms in total. The van der Waals surface area contributed by atoms with Crippen LogP contribution in [0.1, 0.15) is 32.1 Å². The van der Waals surface area contributed by atoms with E-state index in [0.29, 0.717) is 6.61 Å². The third-order valence-corrected chi connectivity index (χ3v) is 1.36. The van der Waals surface area contributed by atoms with E-state index in [1.165, 1.54) is 12.8 Å². The molecule has 0 aromatic carbocycles. The van der Waals surface area contributed by atoms with Crippen LogP contribution in [0, 0.1) is 0 Å². The maximum Gasteiger partial charge on any atom is 0.0431 e. The van der Waals surface area contributed by atoms with E-state index in [4.69, 9.17) is 10.8 Å². The fourth-order valence-corrected chi connectivity index (χ4v) is 0.786. The van der Waals surface area contributed by atoms with Crippen molar-refractivity contribution in [1.29, 1.82) is 0 Å². The summed E-state index contributed by atoms with van der Waals surface area (Å²) in [4.78, 5) is 0. The predicted molar refractivity (Wildman–Crippen MR) is 39.2 cm³/mol. The Hall–Kier alpha value is -0.0800. The van der Waals surface area contributed by atoms with Gasteiger partial charge in [0.25, 0.3) is 0 Å². The van der Waals surface area contributed by atoms with Crippen molar-refractivity contribution in [3.63, 3.8) is 0 Å². The highest BCUT2D eigenvalue weighted by atomic mass is 16.2. The van der Waals surface area contributed by atoms with E-state index in [1.54, 1.807) is 0 Å². The summed E-state index contributed by atoms with van der Waals surface area (Å²) in [7, 11) is 0. The fraction of sp³-hybridized carbons (Fsp3) is 1.00. The first-order chi connectivity index (χ1) is 4.41. The van der Waals surface area contributed by atoms with Gasteiger partial charge in [-0.25, -0.2) is 0 Å². The third-order valence-electron chi connectivity index (χ3n) is 1.36. The van der Waals surface area contributed by atoms with Crippen molar-refractivity contribution in [3.05, 3.63) is 0 Å². The summed E-state index contributed by atoms with van der Waals surface area (Å²) in [5.74, 6) is 0. The topological polar surface area (TPSA) is 46.2 Å². The minimum Gasteiger partial charge on any atom is -0.396 e. The van der Waals surface area contributed by atoms with Crippen LogP contribution in [0.5, 0.6) is 0 Å². The summed E-state index contributed by atoms with van der Waals surface area (Å²) in [6, 6.07) is 0. The molecule has 9 heavy (non-hydrogen) atoms. The Balaban J connectivity index is 2.60. The summed E-state index contributed by atoms with van der Waals surface area (Å²) in [5, 5.41) is 8.40. The molecule has 0 unspecified atom stereocenters. The average molecular weight is 131 g/mol. The van der Waals surface area contributed by atoms with E-state index in [0.717, 1.165) is 25.8 Å². The first-order valence-electron chi connectivity index (χ1n) is 3.72.